The normalized spacial score (nSPS) is 15.1. The van der Waals surface area contributed by atoms with Crippen molar-refractivity contribution in [3.05, 3.63) is 29.6 Å². The van der Waals surface area contributed by atoms with E-state index in [0.717, 1.165) is 30.5 Å². The predicted molar refractivity (Wildman–Crippen MR) is 89.8 cm³/mol. The van der Waals surface area contributed by atoms with Crippen molar-refractivity contribution in [2.75, 3.05) is 5.73 Å². The minimum absolute atomic E-state index is 0.251. The maximum atomic E-state index is 12.7. The van der Waals surface area contributed by atoms with Gasteiger partial charge in [0.2, 0.25) is 5.65 Å². The number of carbonyl (C=O) groups is 1. The first-order valence-electron chi connectivity index (χ1n) is 8.45. The summed E-state index contributed by atoms with van der Waals surface area (Å²) in [4.78, 5) is 23.2. The molecule has 1 saturated carbocycles. The molecule has 130 valence electrons. The molecule has 9 nitrogen and oxygen atoms in total. The monoisotopic (exact) mass is 341 g/mol. The van der Waals surface area contributed by atoms with Crippen molar-refractivity contribution in [2.24, 2.45) is 0 Å². The van der Waals surface area contributed by atoms with Crippen LogP contribution >= 0.6 is 0 Å². The first-order valence-corrected chi connectivity index (χ1v) is 8.45. The number of anilines is 1. The van der Waals surface area contributed by atoms with E-state index in [1.165, 1.54) is 0 Å². The van der Waals surface area contributed by atoms with Crippen molar-refractivity contribution < 1.29 is 9.63 Å². The number of aromatic nitrogens is 6. The van der Waals surface area contributed by atoms with E-state index in [0.29, 0.717) is 34.7 Å². The third-order valence-electron chi connectivity index (χ3n) is 4.58. The lowest BCUT2D eigenvalue weighted by Gasteiger charge is -2.11. The first kappa shape index (κ1) is 15.6. The number of hydrogen-bond acceptors (Lipinski definition) is 7. The highest BCUT2D eigenvalue weighted by Gasteiger charge is 2.28. The summed E-state index contributed by atoms with van der Waals surface area (Å²) in [5.41, 5.74) is 8.09. The lowest BCUT2D eigenvalue weighted by molar-refractivity contribution is 0.0405. The van der Waals surface area contributed by atoms with Crippen molar-refractivity contribution in [2.45, 2.75) is 45.1 Å². The topological polar surface area (TPSA) is 114 Å². The zero-order chi connectivity index (χ0) is 17.4. The fourth-order valence-electron chi connectivity index (χ4n) is 3.32. The third kappa shape index (κ3) is 2.61. The lowest BCUT2D eigenvalue weighted by atomic mass is 10.2. The summed E-state index contributed by atoms with van der Waals surface area (Å²) in [5, 5.41) is 12.3. The maximum absolute atomic E-state index is 12.7. The van der Waals surface area contributed by atoms with Gasteiger partial charge >= 0.3 is 5.97 Å². The second kappa shape index (κ2) is 6.15. The lowest BCUT2D eigenvalue weighted by Crippen LogP contribution is -2.23. The van der Waals surface area contributed by atoms with E-state index in [-0.39, 0.29) is 6.04 Å². The molecule has 9 heteroatoms. The molecule has 2 N–H and O–H groups in total. The molecule has 3 aromatic rings. The molecular formula is C16H19N7O2. The molecule has 0 aliphatic heterocycles. The number of nitrogens with two attached hydrogens (primary N) is 1. The number of aryl methyl sites for hydroxylation is 1. The van der Waals surface area contributed by atoms with Crippen LogP contribution < -0.4 is 10.6 Å². The summed E-state index contributed by atoms with van der Waals surface area (Å²) >= 11 is 0. The average molecular weight is 341 g/mol. The molecule has 0 saturated heterocycles. The highest BCUT2D eigenvalue weighted by molar-refractivity contribution is 5.96. The van der Waals surface area contributed by atoms with Gasteiger partial charge in [0.05, 0.1) is 11.7 Å². The van der Waals surface area contributed by atoms with Crippen LogP contribution in [-0.4, -0.2) is 35.9 Å². The molecule has 4 rings (SSSR count). The minimum atomic E-state index is -0.601. The van der Waals surface area contributed by atoms with Crippen LogP contribution in [0.25, 0.3) is 11.2 Å². The van der Waals surface area contributed by atoms with Crippen molar-refractivity contribution in [3.63, 3.8) is 0 Å². The molecular weight excluding hydrogens is 322 g/mol. The number of carbonyl (C=O) groups excluding carboxylic acids is 1. The zero-order valence-electron chi connectivity index (χ0n) is 13.9. The van der Waals surface area contributed by atoms with Gasteiger partial charge in [-0.2, -0.15) is 5.10 Å². The van der Waals surface area contributed by atoms with Gasteiger partial charge < -0.3 is 10.6 Å². The van der Waals surface area contributed by atoms with E-state index in [4.69, 9.17) is 10.6 Å². The van der Waals surface area contributed by atoms with Gasteiger partial charge in [-0.05, 0) is 41.5 Å². The van der Waals surface area contributed by atoms with Crippen LogP contribution in [0.4, 0.5) is 5.82 Å². The molecule has 1 fully saturated rings. The molecule has 0 atom stereocenters. The van der Waals surface area contributed by atoms with Gasteiger partial charge in [-0.25, -0.2) is 14.5 Å². The zero-order valence-corrected chi connectivity index (χ0v) is 13.9. The van der Waals surface area contributed by atoms with Gasteiger partial charge in [0, 0.05) is 6.20 Å². The van der Waals surface area contributed by atoms with E-state index in [2.05, 4.69) is 20.4 Å². The maximum Gasteiger partial charge on any atom is 0.371 e. The second-order valence-electron chi connectivity index (χ2n) is 6.13. The fourth-order valence-corrected chi connectivity index (χ4v) is 3.32. The SMILES string of the molecule is CCc1nn(C2CCCC2)c(N)c1C(=O)On1nnc2cccnc21. The Balaban J connectivity index is 1.67. The average Bonchev–Trinajstić information content (AvgIpc) is 3.34. The molecule has 25 heavy (non-hydrogen) atoms. The predicted octanol–water partition coefficient (Wildman–Crippen LogP) is 1.55. The number of pyridine rings is 1. The highest BCUT2D eigenvalue weighted by atomic mass is 16.7. The van der Waals surface area contributed by atoms with Gasteiger partial charge in [-0.1, -0.05) is 19.8 Å². The summed E-state index contributed by atoms with van der Waals surface area (Å²) in [6, 6.07) is 3.73. The Morgan fingerprint density at radius 1 is 1.40 bits per heavy atom. The number of rotatable bonds is 4. The van der Waals surface area contributed by atoms with Crippen molar-refractivity contribution in [1.29, 1.82) is 0 Å². The van der Waals surface area contributed by atoms with Crippen LogP contribution in [0.3, 0.4) is 0 Å². The Hall–Kier alpha value is -2.97. The van der Waals surface area contributed by atoms with E-state index in [1.54, 1.807) is 23.0 Å². The van der Waals surface area contributed by atoms with E-state index in [9.17, 15) is 4.79 Å². The van der Waals surface area contributed by atoms with Gasteiger partial charge in [-0.15, -0.1) is 5.10 Å². The molecule has 0 radical (unpaired) electrons. The summed E-state index contributed by atoms with van der Waals surface area (Å²) in [6.45, 7) is 1.93. The summed E-state index contributed by atoms with van der Waals surface area (Å²) < 4.78 is 1.78. The Bertz CT molecular complexity index is 924. The number of fused-ring (bicyclic) bond motifs is 1. The molecule has 0 spiro atoms. The van der Waals surface area contributed by atoms with Crippen molar-refractivity contribution >= 4 is 23.0 Å². The van der Waals surface area contributed by atoms with E-state index >= 15 is 0 Å². The van der Waals surface area contributed by atoms with E-state index < -0.39 is 5.97 Å². The van der Waals surface area contributed by atoms with Gasteiger partial charge in [0.25, 0.3) is 0 Å². The molecule has 3 aromatic heterocycles. The summed E-state index contributed by atoms with van der Waals surface area (Å²) in [7, 11) is 0. The van der Waals surface area contributed by atoms with Gasteiger partial charge in [0.1, 0.15) is 16.9 Å². The van der Waals surface area contributed by atoms with Crippen LogP contribution in [0.2, 0.25) is 0 Å². The largest absolute Gasteiger partial charge is 0.383 e. The molecule has 0 amide bonds. The Labute approximate surface area is 143 Å². The van der Waals surface area contributed by atoms with Crippen molar-refractivity contribution in [1.82, 2.24) is 29.9 Å². The molecule has 1 aliphatic carbocycles. The van der Waals surface area contributed by atoms with Crippen LogP contribution in [0.15, 0.2) is 18.3 Å². The van der Waals surface area contributed by atoms with Crippen LogP contribution in [0.5, 0.6) is 0 Å². The Morgan fingerprint density at radius 3 is 2.96 bits per heavy atom. The van der Waals surface area contributed by atoms with Gasteiger partial charge in [-0.3, -0.25) is 0 Å². The smallest absolute Gasteiger partial charge is 0.371 e. The number of nitrogen functional groups attached to an aromatic ring is 1. The molecule has 3 heterocycles. The van der Waals surface area contributed by atoms with Crippen LogP contribution in [-0.2, 0) is 6.42 Å². The molecule has 1 aliphatic rings. The van der Waals surface area contributed by atoms with Crippen molar-refractivity contribution in [3.8, 4) is 0 Å². The summed E-state index contributed by atoms with van der Waals surface area (Å²) in [5.74, 6) is -0.248. The minimum Gasteiger partial charge on any atom is -0.383 e. The number of hydrogen-bond donors (Lipinski definition) is 1. The fraction of sp³-hybridized carbons (Fsp3) is 0.438. The number of nitrogens with zero attached hydrogens (tertiary/aromatic N) is 6. The molecule has 0 bridgehead atoms. The van der Waals surface area contributed by atoms with E-state index in [1.807, 2.05) is 6.92 Å². The second-order valence-corrected chi connectivity index (χ2v) is 6.13. The first-order chi connectivity index (χ1) is 12.2. The standard InChI is InChI=1S/C16H19N7O2/c1-2-11-13(14(17)22(20-11)10-6-3-4-7-10)16(24)25-23-15-12(19-21-23)8-5-9-18-15/h5,8-10H,2-4,6-7,17H2,1H3. The Kier molecular flexibility index (Phi) is 3.83. The third-order valence-corrected chi connectivity index (χ3v) is 4.58. The molecule has 0 aromatic carbocycles. The van der Waals surface area contributed by atoms with Crippen LogP contribution in [0.1, 0.15) is 54.7 Å². The molecule has 0 unspecified atom stereocenters. The Morgan fingerprint density at radius 2 is 2.20 bits per heavy atom. The van der Waals surface area contributed by atoms with Crippen LogP contribution in [0, 0.1) is 0 Å². The quantitative estimate of drug-likeness (QED) is 0.716. The highest BCUT2D eigenvalue weighted by Crippen LogP contribution is 2.33. The van der Waals surface area contributed by atoms with Gasteiger partial charge in [0.15, 0.2) is 0 Å². The summed E-state index contributed by atoms with van der Waals surface area (Å²) in [6.07, 6.45) is 6.54.